The van der Waals surface area contributed by atoms with Crippen molar-refractivity contribution in [1.82, 2.24) is 4.57 Å². The molecule has 1 atom stereocenters. The van der Waals surface area contributed by atoms with Crippen molar-refractivity contribution >= 4 is 0 Å². The first kappa shape index (κ1) is 12.3. The van der Waals surface area contributed by atoms with Gasteiger partial charge in [-0.3, -0.25) is 0 Å². The molecule has 0 amide bonds. The minimum absolute atomic E-state index is 0.0988. The van der Waals surface area contributed by atoms with Gasteiger partial charge >= 0.3 is 0 Å². The molecule has 3 rings (SSSR count). The Hall–Kier alpha value is -1.77. The highest BCUT2D eigenvalue weighted by atomic mass is 19.1. The Kier molecular flexibility index (Phi) is 2.85. The molecule has 1 aromatic heterocycles. The van der Waals surface area contributed by atoms with Gasteiger partial charge in [-0.15, -0.1) is 0 Å². The number of hydrogen-bond donors (Lipinski definition) is 0. The summed E-state index contributed by atoms with van der Waals surface area (Å²) in [6.45, 7) is 7.21. The molecule has 1 unspecified atom stereocenters. The first-order valence-corrected chi connectivity index (χ1v) is 6.62. The van der Waals surface area contributed by atoms with E-state index < -0.39 is 0 Å². The van der Waals surface area contributed by atoms with Crippen LogP contribution in [0.4, 0.5) is 4.39 Å². The van der Waals surface area contributed by atoms with Crippen LogP contribution in [-0.2, 0) is 13.0 Å². The molecule has 0 bridgehead atoms. The predicted octanol–water partition coefficient (Wildman–Crippen LogP) is 3.56. The maximum atomic E-state index is 13.2. The van der Waals surface area contributed by atoms with E-state index >= 15 is 0 Å². The molecule has 1 aliphatic rings. The Morgan fingerprint density at radius 1 is 1.32 bits per heavy atom. The first-order valence-electron chi connectivity index (χ1n) is 6.62. The monoisotopic (exact) mass is 259 g/mol. The number of ether oxygens (including phenoxy) is 1. The van der Waals surface area contributed by atoms with E-state index in [0.717, 1.165) is 24.3 Å². The van der Waals surface area contributed by atoms with Crippen LogP contribution < -0.4 is 4.74 Å². The van der Waals surface area contributed by atoms with E-state index in [9.17, 15) is 4.39 Å². The standard InChI is InChI=1S/C16H18FNO/c1-10-8-18(12(3)11(10)2)9-15-7-13-6-14(17)4-5-16(13)19-15/h4-6,8,15H,7,9H2,1-3H3. The number of benzene rings is 1. The minimum atomic E-state index is -0.188. The van der Waals surface area contributed by atoms with Gasteiger partial charge in [0, 0.05) is 23.9 Å². The average Bonchev–Trinajstić information content (AvgIpc) is 2.86. The van der Waals surface area contributed by atoms with Crippen LogP contribution in [0.15, 0.2) is 24.4 Å². The summed E-state index contributed by atoms with van der Waals surface area (Å²) in [7, 11) is 0. The molecule has 0 saturated carbocycles. The summed E-state index contributed by atoms with van der Waals surface area (Å²) < 4.78 is 21.3. The fourth-order valence-electron chi connectivity index (χ4n) is 2.73. The van der Waals surface area contributed by atoms with Gasteiger partial charge in [-0.1, -0.05) is 0 Å². The van der Waals surface area contributed by atoms with Gasteiger partial charge in [-0.05, 0) is 50.1 Å². The molecule has 2 aromatic rings. The summed E-state index contributed by atoms with van der Waals surface area (Å²) >= 11 is 0. The Bertz CT molecular complexity index is 630. The van der Waals surface area contributed by atoms with Crippen molar-refractivity contribution in [3.63, 3.8) is 0 Å². The van der Waals surface area contributed by atoms with Gasteiger partial charge in [0.25, 0.3) is 0 Å². The van der Waals surface area contributed by atoms with E-state index in [0.29, 0.717) is 0 Å². The molecule has 1 aromatic carbocycles. The van der Waals surface area contributed by atoms with Crippen LogP contribution >= 0.6 is 0 Å². The van der Waals surface area contributed by atoms with Crippen LogP contribution in [0.5, 0.6) is 5.75 Å². The molecule has 0 N–H and O–H groups in total. The van der Waals surface area contributed by atoms with Gasteiger partial charge in [0.2, 0.25) is 0 Å². The van der Waals surface area contributed by atoms with E-state index in [1.54, 1.807) is 12.1 Å². The second-order valence-corrected chi connectivity index (χ2v) is 5.37. The van der Waals surface area contributed by atoms with Gasteiger partial charge in [0.05, 0.1) is 6.54 Å². The average molecular weight is 259 g/mol. The summed E-state index contributed by atoms with van der Waals surface area (Å²) in [5.41, 5.74) is 4.90. The molecule has 0 radical (unpaired) electrons. The highest BCUT2D eigenvalue weighted by Crippen LogP contribution is 2.30. The number of rotatable bonds is 2. The number of aryl methyl sites for hydroxylation is 1. The van der Waals surface area contributed by atoms with Gasteiger partial charge in [0.1, 0.15) is 17.7 Å². The zero-order chi connectivity index (χ0) is 13.6. The molecule has 0 fully saturated rings. The van der Waals surface area contributed by atoms with E-state index in [-0.39, 0.29) is 11.9 Å². The Morgan fingerprint density at radius 3 is 2.79 bits per heavy atom. The topological polar surface area (TPSA) is 14.2 Å². The molecule has 1 aliphatic heterocycles. The van der Waals surface area contributed by atoms with Crippen LogP contribution in [0.1, 0.15) is 22.4 Å². The third-order valence-electron chi connectivity index (χ3n) is 4.08. The number of hydrogen-bond acceptors (Lipinski definition) is 1. The normalized spacial score (nSPS) is 17.4. The summed E-state index contributed by atoms with van der Waals surface area (Å²) in [6.07, 6.45) is 3.04. The Balaban J connectivity index is 1.78. The van der Waals surface area contributed by atoms with Crippen LogP contribution in [0.25, 0.3) is 0 Å². The zero-order valence-corrected chi connectivity index (χ0v) is 11.5. The Morgan fingerprint density at radius 2 is 2.11 bits per heavy atom. The number of aromatic nitrogens is 1. The maximum absolute atomic E-state index is 13.2. The SMILES string of the molecule is Cc1cn(CC2Cc3cc(F)ccc3O2)c(C)c1C. The summed E-state index contributed by atoms with van der Waals surface area (Å²) in [5.74, 6) is 0.636. The van der Waals surface area contributed by atoms with E-state index in [1.165, 1.54) is 22.9 Å². The molecule has 2 nitrogen and oxygen atoms in total. The molecular weight excluding hydrogens is 241 g/mol. The molecule has 19 heavy (non-hydrogen) atoms. The fraction of sp³-hybridized carbons (Fsp3) is 0.375. The number of fused-ring (bicyclic) bond motifs is 1. The van der Waals surface area contributed by atoms with Gasteiger partial charge in [0.15, 0.2) is 0 Å². The third kappa shape index (κ3) is 2.14. The molecule has 100 valence electrons. The van der Waals surface area contributed by atoms with Crippen molar-refractivity contribution < 1.29 is 9.13 Å². The molecule has 2 heterocycles. The highest BCUT2D eigenvalue weighted by molar-refractivity contribution is 5.38. The van der Waals surface area contributed by atoms with Crippen molar-refractivity contribution in [2.24, 2.45) is 0 Å². The van der Waals surface area contributed by atoms with Crippen LogP contribution in [-0.4, -0.2) is 10.7 Å². The van der Waals surface area contributed by atoms with Gasteiger partial charge in [-0.25, -0.2) is 4.39 Å². The lowest BCUT2D eigenvalue weighted by Crippen LogP contribution is -2.21. The second kappa shape index (κ2) is 4.41. The maximum Gasteiger partial charge on any atom is 0.123 e. The van der Waals surface area contributed by atoms with Crippen molar-refractivity contribution in [3.05, 3.63) is 52.6 Å². The van der Waals surface area contributed by atoms with Crippen molar-refractivity contribution in [3.8, 4) is 5.75 Å². The molecule has 0 aliphatic carbocycles. The van der Waals surface area contributed by atoms with Crippen molar-refractivity contribution in [1.29, 1.82) is 0 Å². The quantitative estimate of drug-likeness (QED) is 0.804. The predicted molar refractivity (Wildman–Crippen MR) is 73.2 cm³/mol. The van der Waals surface area contributed by atoms with Crippen LogP contribution in [0, 0.1) is 26.6 Å². The van der Waals surface area contributed by atoms with E-state index in [2.05, 4.69) is 31.5 Å². The largest absolute Gasteiger partial charge is 0.488 e. The minimum Gasteiger partial charge on any atom is -0.488 e. The number of nitrogens with zero attached hydrogens (tertiary/aromatic N) is 1. The first-order chi connectivity index (χ1) is 9.04. The fourth-order valence-corrected chi connectivity index (χ4v) is 2.73. The van der Waals surface area contributed by atoms with Crippen molar-refractivity contribution in [2.45, 2.75) is 39.8 Å². The lowest BCUT2D eigenvalue weighted by Gasteiger charge is -2.13. The summed E-state index contributed by atoms with van der Waals surface area (Å²) in [5, 5.41) is 0. The molecule has 0 saturated heterocycles. The summed E-state index contributed by atoms with van der Waals surface area (Å²) in [6, 6.07) is 4.76. The molecular formula is C16H18FNO. The summed E-state index contributed by atoms with van der Waals surface area (Å²) in [4.78, 5) is 0. The lowest BCUT2D eigenvalue weighted by molar-refractivity contribution is 0.208. The third-order valence-corrected chi connectivity index (χ3v) is 4.08. The highest BCUT2D eigenvalue weighted by Gasteiger charge is 2.24. The molecule has 0 spiro atoms. The number of halogens is 1. The van der Waals surface area contributed by atoms with Gasteiger partial charge in [-0.2, -0.15) is 0 Å². The second-order valence-electron chi connectivity index (χ2n) is 5.37. The van der Waals surface area contributed by atoms with Gasteiger partial charge < -0.3 is 9.30 Å². The smallest absolute Gasteiger partial charge is 0.123 e. The Labute approximate surface area is 112 Å². The van der Waals surface area contributed by atoms with Crippen LogP contribution in [0.3, 0.4) is 0 Å². The van der Waals surface area contributed by atoms with Crippen molar-refractivity contribution in [2.75, 3.05) is 0 Å². The lowest BCUT2D eigenvalue weighted by atomic mass is 10.1. The molecule has 3 heteroatoms. The van der Waals surface area contributed by atoms with E-state index in [4.69, 9.17) is 4.74 Å². The zero-order valence-electron chi connectivity index (χ0n) is 11.5. The van der Waals surface area contributed by atoms with Crippen LogP contribution in [0.2, 0.25) is 0 Å². The van der Waals surface area contributed by atoms with E-state index in [1.807, 2.05) is 0 Å².